The summed E-state index contributed by atoms with van der Waals surface area (Å²) >= 11 is 0. The highest BCUT2D eigenvalue weighted by Gasteiger charge is 2.20. The van der Waals surface area contributed by atoms with E-state index in [4.69, 9.17) is 47.1 Å². The lowest BCUT2D eigenvalue weighted by Crippen LogP contribution is -2.30. The average molecular weight is 306 g/mol. The number of nitrogens with zero attached hydrogens (tertiary/aromatic N) is 1. The SMILES string of the molecule is [B]C([B])([B])c1cc(-c2nccc3ccc(C)cc23)cc(C([B])([B])[B])c1. The van der Waals surface area contributed by atoms with Crippen molar-refractivity contribution in [3.05, 3.63) is 65.4 Å². The zero-order valence-corrected chi connectivity index (χ0v) is 14.0. The number of aromatic nitrogens is 1. The highest BCUT2D eigenvalue weighted by molar-refractivity contribution is 6.60. The molecule has 0 saturated heterocycles. The van der Waals surface area contributed by atoms with Gasteiger partial charge in [0, 0.05) is 17.1 Å². The maximum Gasteiger partial charge on any atom is 0.0780 e. The summed E-state index contributed by atoms with van der Waals surface area (Å²) in [6.07, 6.45) is 1.74. The molecule has 1 heterocycles. The van der Waals surface area contributed by atoms with E-state index < -0.39 is 10.2 Å². The summed E-state index contributed by atoms with van der Waals surface area (Å²) < 4.78 is 0. The van der Waals surface area contributed by atoms with E-state index in [1.54, 1.807) is 24.4 Å². The molecule has 12 radical (unpaired) electrons. The normalized spacial score (nSPS) is 12.4. The van der Waals surface area contributed by atoms with Crippen molar-refractivity contribution >= 4 is 57.9 Å². The Morgan fingerprint density at radius 1 is 0.760 bits per heavy atom. The summed E-state index contributed by atoms with van der Waals surface area (Å²) in [5.41, 5.74) is 3.52. The van der Waals surface area contributed by atoms with Gasteiger partial charge in [-0.05, 0) is 24.4 Å². The fourth-order valence-electron chi connectivity index (χ4n) is 2.78. The zero-order valence-electron chi connectivity index (χ0n) is 14.0. The van der Waals surface area contributed by atoms with Crippen molar-refractivity contribution < 1.29 is 0 Å². The monoisotopic (exact) mass is 307 g/mol. The van der Waals surface area contributed by atoms with Crippen LogP contribution in [0.3, 0.4) is 0 Å². The van der Waals surface area contributed by atoms with Crippen LogP contribution in [0.15, 0.2) is 48.7 Å². The van der Waals surface area contributed by atoms with Gasteiger partial charge in [-0.25, -0.2) is 0 Å². The van der Waals surface area contributed by atoms with Crippen molar-refractivity contribution in [3.63, 3.8) is 0 Å². The van der Waals surface area contributed by atoms with Gasteiger partial charge in [0.05, 0.1) is 52.8 Å². The van der Waals surface area contributed by atoms with Crippen molar-refractivity contribution in [3.8, 4) is 11.3 Å². The van der Waals surface area contributed by atoms with Crippen LogP contribution in [0.4, 0.5) is 0 Å². The fourth-order valence-corrected chi connectivity index (χ4v) is 2.78. The smallest absolute Gasteiger partial charge is 0.0780 e. The Morgan fingerprint density at radius 3 is 1.92 bits per heavy atom. The second kappa shape index (κ2) is 6.20. The Kier molecular flexibility index (Phi) is 4.47. The van der Waals surface area contributed by atoms with Gasteiger partial charge in [-0.1, -0.05) is 47.0 Å². The number of hydrogen-bond donors (Lipinski definition) is 0. The van der Waals surface area contributed by atoms with Crippen LogP contribution >= 0.6 is 0 Å². The summed E-state index contributed by atoms with van der Waals surface area (Å²) in [6.45, 7) is 2.02. The Hall–Kier alpha value is -1.76. The molecular formula is C18H11B6N. The Labute approximate surface area is 156 Å². The van der Waals surface area contributed by atoms with Crippen molar-refractivity contribution in [2.24, 2.45) is 0 Å². The molecule has 1 aromatic heterocycles. The second-order valence-corrected chi connectivity index (χ2v) is 6.55. The van der Waals surface area contributed by atoms with Crippen LogP contribution in [-0.4, -0.2) is 52.1 Å². The molecule has 0 spiro atoms. The van der Waals surface area contributed by atoms with E-state index in [0.29, 0.717) is 11.1 Å². The van der Waals surface area contributed by atoms with Crippen LogP contribution in [0.1, 0.15) is 16.7 Å². The minimum Gasteiger partial charge on any atom is -0.256 e. The van der Waals surface area contributed by atoms with Gasteiger partial charge in [0.2, 0.25) is 0 Å². The maximum absolute atomic E-state index is 5.87. The lowest BCUT2D eigenvalue weighted by atomic mass is 9.37. The summed E-state index contributed by atoms with van der Waals surface area (Å²) in [4.78, 5) is 4.52. The van der Waals surface area contributed by atoms with E-state index in [-0.39, 0.29) is 0 Å². The van der Waals surface area contributed by atoms with E-state index >= 15 is 0 Å². The largest absolute Gasteiger partial charge is 0.256 e. The van der Waals surface area contributed by atoms with Gasteiger partial charge < -0.3 is 0 Å². The minimum atomic E-state index is -1.56. The van der Waals surface area contributed by atoms with E-state index in [9.17, 15) is 0 Å². The number of benzene rings is 2. The lowest BCUT2D eigenvalue weighted by molar-refractivity contribution is 1.16. The number of hydrogen-bond acceptors (Lipinski definition) is 1. The van der Waals surface area contributed by atoms with Crippen LogP contribution in [-0.2, 0) is 10.2 Å². The Balaban J connectivity index is 2.32. The van der Waals surface area contributed by atoms with Gasteiger partial charge in [-0.15, -0.1) is 10.2 Å². The van der Waals surface area contributed by atoms with E-state index in [1.165, 1.54) is 0 Å². The number of aryl methyl sites for hydroxylation is 1. The van der Waals surface area contributed by atoms with Crippen LogP contribution in [0, 0.1) is 6.92 Å². The molecule has 0 saturated carbocycles. The highest BCUT2D eigenvalue weighted by atomic mass is 14.7. The van der Waals surface area contributed by atoms with Gasteiger partial charge in [0.15, 0.2) is 0 Å². The molecule has 3 aromatic rings. The molecule has 0 amide bonds. The molecule has 1 nitrogen and oxygen atoms in total. The third kappa shape index (κ3) is 3.76. The highest BCUT2D eigenvalue weighted by Crippen LogP contribution is 2.32. The molecular weight excluding hydrogens is 295 g/mol. The molecule has 0 unspecified atom stereocenters. The van der Waals surface area contributed by atoms with Crippen LogP contribution < -0.4 is 0 Å². The third-order valence-electron chi connectivity index (χ3n) is 4.13. The number of pyridine rings is 1. The molecule has 0 aliphatic carbocycles. The molecule has 0 fully saturated rings. The van der Waals surface area contributed by atoms with E-state index in [2.05, 4.69) is 11.1 Å². The Morgan fingerprint density at radius 2 is 1.36 bits per heavy atom. The van der Waals surface area contributed by atoms with Crippen LogP contribution in [0.5, 0.6) is 0 Å². The van der Waals surface area contributed by atoms with Gasteiger partial charge in [0.25, 0.3) is 0 Å². The molecule has 0 aliphatic heterocycles. The number of rotatable bonds is 3. The summed E-state index contributed by atoms with van der Waals surface area (Å²) in [5, 5.41) is -1.08. The van der Waals surface area contributed by atoms with Crippen LogP contribution in [0.2, 0.25) is 0 Å². The van der Waals surface area contributed by atoms with Crippen molar-refractivity contribution in [1.82, 2.24) is 4.98 Å². The molecule has 7 heteroatoms. The van der Waals surface area contributed by atoms with Gasteiger partial charge in [-0.2, -0.15) is 0 Å². The van der Waals surface area contributed by atoms with E-state index in [1.807, 2.05) is 25.1 Å². The predicted octanol–water partition coefficient (Wildman–Crippen LogP) is 1.44. The van der Waals surface area contributed by atoms with Crippen LogP contribution in [0.25, 0.3) is 22.0 Å². The zero-order chi connectivity index (χ0) is 18.4. The second-order valence-electron chi connectivity index (χ2n) is 6.55. The first-order valence-electron chi connectivity index (χ1n) is 7.81. The molecule has 0 bridgehead atoms. The number of fused-ring (bicyclic) bond motifs is 1. The molecule has 106 valence electrons. The minimum absolute atomic E-state index is 0.456. The van der Waals surface area contributed by atoms with Crippen molar-refractivity contribution in [1.29, 1.82) is 0 Å². The first-order chi connectivity index (χ1) is 11.6. The first kappa shape index (κ1) is 18.0. The molecule has 25 heavy (non-hydrogen) atoms. The quantitative estimate of drug-likeness (QED) is 0.667. The van der Waals surface area contributed by atoms with E-state index in [0.717, 1.165) is 27.6 Å². The standard InChI is InChI=1S/C18H11B6N/c1-10-2-3-11-4-5-25-16(15(11)6-10)12-7-13(17(19,20)21)9-14(8-12)18(22,23)24/h2-9H,1H3. The Bertz CT molecular complexity index is 908. The van der Waals surface area contributed by atoms with Gasteiger partial charge in [0.1, 0.15) is 0 Å². The third-order valence-corrected chi connectivity index (χ3v) is 4.13. The summed E-state index contributed by atoms with van der Waals surface area (Å²) in [5.74, 6) is 0. The lowest BCUT2D eigenvalue weighted by Gasteiger charge is -2.28. The molecule has 0 atom stereocenters. The predicted molar refractivity (Wildman–Crippen MR) is 110 cm³/mol. The molecule has 0 aliphatic rings. The molecule has 0 N–H and O–H groups in total. The van der Waals surface area contributed by atoms with Gasteiger partial charge >= 0.3 is 0 Å². The first-order valence-corrected chi connectivity index (χ1v) is 7.81. The van der Waals surface area contributed by atoms with Crippen molar-refractivity contribution in [2.75, 3.05) is 0 Å². The summed E-state index contributed by atoms with van der Waals surface area (Å²) in [7, 11) is 35.2. The summed E-state index contributed by atoms with van der Waals surface area (Å²) in [6, 6.07) is 13.3. The average Bonchev–Trinajstić information content (AvgIpc) is 2.52. The molecule has 2 aromatic carbocycles. The molecule has 3 rings (SSSR count). The van der Waals surface area contributed by atoms with Gasteiger partial charge in [-0.3, -0.25) is 4.98 Å². The topological polar surface area (TPSA) is 12.9 Å². The maximum atomic E-state index is 5.87. The fraction of sp³-hybridized carbons (Fsp3) is 0.167. The van der Waals surface area contributed by atoms with Crippen molar-refractivity contribution in [2.45, 2.75) is 17.1 Å².